The Kier molecular flexibility index (Phi) is 9.76. The van der Waals surface area contributed by atoms with Crippen molar-refractivity contribution in [3.63, 3.8) is 0 Å². The summed E-state index contributed by atoms with van der Waals surface area (Å²) in [4.78, 5) is 37.1. The zero-order valence-corrected chi connectivity index (χ0v) is 22.7. The van der Waals surface area contributed by atoms with Gasteiger partial charge < -0.3 is 14.7 Å². The lowest BCUT2D eigenvalue weighted by Crippen LogP contribution is -2.40. The fourth-order valence-corrected chi connectivity index (χ4v) is 5.06. The number of anilines is 1. The maximum atomic E-state index is 14.5. The van der Waals surface area contributed by atoms with Gasteiger partial charge in [-0.3, -0.25) is 14.6 Å². The molecule has 0 aliphatic carbocycles. The number of halogens is 2. The molecule has 3 aromatic rings. The molecule has 0 saturated heterocycles. The first-order valence-corrected chi connectivity index (χ1v) is 13.5. The topological polar surface area (TPSA) is 56.8 Å². The summed E-state index contributed by atoms with van der Waals surface area (Å²) in [5.41, 5.74) is 2.31. The maximum Gasteiger partial charge on any atom is 0.259 e. The predicted molar refractivity (Wildman–Crippen MR) is 148 cm³/mol. The van der Waals surface area contributed by atoms with Crippen molar-refractivity contribution in [2.45, 2.75) is 39.7 Å². The quantitative estimate of drug-likeness (QED) is 0.444. The van der Waals surface area contributed by atoms with Gasteiger partial charge in [-0.05, 0) is 85.4 Å². The van der Waals surface area contributed by atoms with Crippen LogP contribution >= 0.6 is 0 Å². The van der Waals surface area contributed by atoms with Crippen LogP contribution in [0, 0.1) is 17.6 Å². The fourth-order valence-electron chi connectivity index (χ4n) is 5.06. The van der Waals surface area contributed by atoms with E-state index in [1.54, 1.807) is 46.3 Å². The van der Waals surface area contributed by atoms with Crippen molar-refractivity contribution in [1.29, 1.82) is 0 Å². The molecule has 0 N–H and O–H groups in total. The van der Waals surface area contributed by atoms with Gasteiger partial charge in [-0.2, -0.15) is 0 Å². The van der Waals surface area contributed by atoms with Gasteiger partial charge in [0.05, 0.1) is 12.0 Å². The van der Waals surface area contributed by atoms with Crippen molar-refractivity contribution < 1.29 is 18.4 Å². The molecule has 4 rings (SSSR count). The molecule has 1 aliphatic heterocycles. The van der Waals surface area contributed by atoms with E-state index in [1.165, 1.54) is 30.5 Å². The third-order valence-electron chi connectivity index (χ3n) is 6.85. The van der Waals surface area contributed by atoms with Crippen LogP contribution in [-0.2, 0) is 17.8 Å². The molecule has 0 bridgehead atoms. The minimum Gasteiger partial charge on any atom is -0.338 e. The minimum atomic E-state index is -0.427. The van der Waals surface area contributed by atoms with Crippen molar-refractivity contribution >= 4 is 17.5 Å². The summed E-state index contributed by atoms with van der Waals surface area (Å²) in [5, 5.41) is 0. The molecule has 0 spiro atoms. The molecule has 2 amide bonds. The standard InChI is InChI=1S/C31H36F2N4O2/c1-23(2)21-35-14-4-16-36(30(38)18-24-7-9-27(32)10-8-24)22-26-19-28(33)11-12-29(26)37(17-5-15-35)31(39)25-6-3-13-34-20-25/h3,6-13,19-20,23H,4-5,14-18,21-22H2,1-2H3. The zero-order chi connectivity index (χ0) is 27.8. The van der Waals surface area contributed by atoms with Gasteiger partial charge in [0.25, 0.3) is 5.91 Å². The molecule has 8 heteroatoms. The molecular formula is C31H36F2N4O2. The van der Waals surface area contributed by atoms with E-state index in [-0.39, 0.29) is 30.6 Å². The van der Waals surface area contributed by atoms with Gasteiger partial charge in [-0.15, -0.1) is 0 Å². The maximum absolute atomic E-state index is 14.5. The van der Waals surface area contributed by atoms with Gasteiger partial charge in [0, 0.05) is 44.3 Å². The van der Waals surface area contributed by atoms with Crippen LogP contribution in [0.4, 0.5) is 14.5 Å². The van der Waals surface area contributed by atoms with Gasteiger partial charge in [0.2, 0.25) is 5.91 Å². The fraction of sp³-hybridized carbons (Fsp3) is 0.387. The Balaban J connectivity index is 1.69. The van der Waals surface area contributed by atoms with E-state index in [0.29, 0.717) is 41.4 Å². The number of benzene rings is 2. The number of fused-ring (bicyclic) bond motifs is 1. The highest BCUT2D eigenvalue weighted by Gasteiger charge is 2.25. The molecule has 0 saturated carbocycles. The summed E-state index contributed by atoms with van der Waals surface area (Å²) < 4.78 is 27.9. The molecule has 0 radical (unpaired) electrons. The Bertz CT molecular complexity index is 1250. The summed E-state index contributed by atoms with van der Waals surface area (Å²) in [6.07, 6.45) is 4.78. The highest BCUT2D eigenvalue weighted by Crippen LogP contribution is 2.27. The lowest BCUT2D eigenvalue weighted by molar-refractivity contribution is -0.131. The number of hydrogen-bond donors (Lipinski definition) is 0. The summed E-state index contributed by atoms with van der Waals surface area (Å²) in [7, 11) is 0. The number of carbonyl (C=O) groups excluding carboxylic acids is 2. The van der Waals surface area contributed by atoms with Crippen molar-refractivity contribution in [3.05, 3.63) is 95.3 Å². The zero-order valence-electron chi connectivity index (χ0n) is 22.7. The minimum absolute atomic E-state index is 0.110. The van der Waals surface area contributed by atoms with Crippen LogP contribution in [0.5, 0.6) is 0 Å². The van der Waals surface area contributed by atoms with E-state index in [2.05, 4.69) is 23.7 Å². The van der Waals surface area contributed by atoms with Crippen LogP contribution in [0.15, 0.2) is 67.0 Å². The van der Waals surface area contributed by atoms with E-state index in [9.17, 15) is 18.4 Å². The Morgan fingerprint density at radius 3 is 2.33 bits per heavy atom. The number of pyridine rings is 1. The highest BCUT2D eigenvalue weighted by molar-refractivity contribution is 6.06. The lowest BCUT2D eigenvalue weighted by Gasteiger charge is -2.32. The number of amides is 2. The van der Waals surface area contributed by atoms with Crippen molar-refractivity contribution in [3.8, 4) is 0 Å². The average Bonchev–Trinajstić information content (AvgIpc) is 2.91. The number of hydrogen-bond acceptors (Lipinski definition) is 4. The Hall–Kier alpha value is -3.65. The van der Waals surface area contributed by atoms with Gasteiger partial charge >= 0.3 is 0 Å². The molecule has 1 aromatic heterocycles. The molecule has 0 unspecified atom stereocenters. The van der Waals surface area contributed by atoms with E-state index >= 15 is 0 Å². The van der Waals surface area contributed by atoms with E-state index < -0.39 is 5.82 Å². The second-order valence-electron chi connectivity index (χ2n) is 10.5. The van der Waals surface area contributed by atoms with Gasteiger partial charge in [-0.1, -0.05) is 26.0 Å². The molecule has 206 valence electrons. The molecule has 1 aliphatic rings. The first-order valence-electron chi connectivity index (χ1n) is 13.5. The van der Waals surface area contributed by atoms with E-state index in [1.807, 2.05) is 0 Å². The summed E-state index contributed by atoms with van der Waals surface area (Å²) in [6.45, 7) is 7.98. The third-order valence-corrected chi connectivity index (χ3v) is 6.85. The Morgan fingerprint density at radius 2 is 1.64 bits per heavy atom. The molecule has 0 atom stereocenters. The number of rotatable bonds is 5. The average molecular weight is 535 g/mol. The van der Waals surface area contributed by atoms with Crippen LogP contribution in [0.25, 0.3) is 0 Å². The summed E-state index contributed by atoms with van der Waals surface area (Å²) >= 11 is 0. The van der Waals surface area contributed by atoms with Gasteiger partial charge in [0.1, 0.15) is 11.6 Å². The second-order valence-corrected chi connectivity index (χ2v) is 10.5. The monoisotopic (exact) mass is 534 g/mol. The van der Waals surface area contributed by atoms with E-state index in [4.69, 9.17) is 0 Å². The number of carbonyl (C=O) groups is 2. The van der Waals surface area contributed by atoms with Crippen LogP contribution < -0.4 is 4.90 Å². The van der Waals surface area contributed by atoms with Crippen LogP contribution in [0.2, 0.25) is 0 Å². The summed E-state index contributed by atoms with van der Waals surface area (Å²) in [6, 6.07) is 13.7. The molecule has 39 heavy (non-hydrogen) atoms. The van der Waals surface area contributed by atoms with Gasteiger partial charge in [0.15, 0.2) is 0 Å². The first kappa shape index (κ1) is 28.4. The van der Waals surface area contributed by atoms with Crippen molar-refractivity contribution in [2.24, 2.45) is 5.92 Å². The van der Waals surface area contributed by atoms with E-state index in [0.717, 1.165) is 32.5 Å². The Morgan fingerprint density at radius 1 is 0.923 bits per heavy atom. The number of nitrogens with zero attached hydrogens (tertiary/aromatic N) is 4. The molecular weight excluding hydrogens is 498 g/mol. The normalized spacial score (nSPS) is 15.4. The number of aromatic nitrogens is 1. The second kappa shape index (κ2) is 13.4. The van der Waals surface area contributed by atoms with Crippen molar-refractivity contribution in [2.75, 3.05) is 37.6 Å². The van der Waals surface area contributed by atoms with Crippen LogP contribution in [0.3, 0.4) is 0 Å². The predicted octanol–water partition coefficient (Wildman–Crippen LogP) is 5.33. The molecule has 2 aromatic carbocycles. The Labute approximate surface area is 229 Å². The van der Waals surface area contributed by atoms with Gasteiger partial charge in [-0.25, -0.2) is 8.78 Å². The first-order chi connectivity index (χ1) is 18.8. The van der Waals surface area contributed by atoms with Crippen molar-refractivity contribution in [1.82, 2.24) is 14.8 Å². The smallest absolute Gasteiger partial charge is 0.259 e. The molecule has 6 nitrogen and oxygen atoms in total. The highest BCUT2D eigenvalue weighted by atomic mass is 19.1. The third kappa shape index (κ3) is 7.93. The lowest BCUT2D eigenvalue weighted by atomic mass is 10.1. The largest absolute Gasteiger partial charge is 0.338 e. The molecule has 0 fully saturated rings. The van der Waals surface area contributed by atoms with Crippen LogP contribution in [-0.4, -0.2) is 59.3 Å². The summed E-state index contributed by atoms with van der Waals surface area (Å²) in [5.74, 6) is -0.651. The SMILES string of the molecule is CC(C)CN1CCCN(C(=O)Cc2ccc(F)cc2)Cc2cc(F)ccc2N(C(=O)c2cccnc2)CCC1. The van der Waals surface area contributed by atoms with Crippen LogP contribution in [0.1, 0.15) is 48.2 Å². The molecule has 2 heterocycles.